The Hall–Kier alpha value is -1.64. The molecule has 0 radical (unpaired) electrons. The van der Waals surface area contributed by atoms with E-state index in [0.717, 1.165) is 37.0 Å². The number of carbonyl (C=O) groups excluding carboxylic acids is 1. The Bertz CT molecular complexity index is 390. The van der Waals surface area contributed by atoms with Gasteiger partial charge in [0.1, 0.15) is 6.61 Å². The van der Waals surface area contributed by atoms with E-state index in [2.05, 4.69) is 4.99 Å². The zero-order chi connectivity index (χ0) is 11.9. The lowest BCUT2D eigenvalue weighted by Crippen LogP contribution is -2.09. The van der Waals surface area contributed by atoms with Crippen molar-refractivity contribution in [3.05, 3.63) is 35.9 Å². The van der Waals surface area contributed by atoms with Crippen LogP contribution >= 0.6 is 0 Å². The molecule has 0 saturated heterocycles. The van der Waals surface area contributed by atoms with Crippen molar-refractivity contribution in [2.45, 2.75) is 38.7 Å². The number of ether oxygens (including phenoxy) is 1. The smallest absolute Gasteiger partial charge is 0.433 e. The van der Waals surface area contributed by atoms with Gasteiger partial charge in [-0.1, -0.05) is 36.8 Å². The number of benzene rings is 1. The van der Waals surface area contributed by atoms with Crippen LogP contribution in [0.4, 0.5) is 4.79 Å². The molecule has 2 rings (SSSR count). The summed E-state index contributed by atoms with van der Waals surface area (Å²) in [5, 5.41) is 0. The van der Waals surface area contributed by atoms with Gasteiger partial charge >= 0.3 is 6.09 Å². The Morgan fingerprint density at radius 3 is 2.53 bits per heavy atom. The highest BCUT2D eigenvalue weighted by Crippen LogP contribution is 2.15. The summed E-state index contributed by atoms with van der Waals surface area (Å²) in [7, 11) is 0. The minimum absolute atomic E-state index is 0.302. The van der Waals surface area contributed by atoms with Crippen molar-refractivity contribution < 1.29 is 9.53 Å². The van der Waals surface area contributed by atoms with Crippen LogP contribution in [0.3, 0.4) is 0 Å². The second-order valence-corrected chi connectivity index (χ2v) is 4.28. The van der Waals surface area contributed by atoms with Crippen molar-refractivity contribution in [1.29, 1.82) is 0 Å². The summed E-state index contributed by atoms with van der Waals surface area (Å²) in [5.74, 6) is 0. The number of rotatable bonds is 2. The van der Waals surface area contributed by atoms with Crippen molar-refractivity contribution in [3.63, 3.8) is 0 Å². The highest BCUT2D eigenvalue weighted by molar-refractivity contribution is 5.93. The number of carbonyl (C=O) groups is 1. The van der Waals surface area contributed by atoms with E-state index in [-0.39, 0.29) is 0 Å². The molecule has 1 aliphatic rings. The van der Waals surface area contributed by atoms with E-state index in [4.69, 9.17) is 4.74 Å². The molecule has 1 amide bonds. The van der Waals surface area contributed by atoms with Gasteiger partial charge in [0.05, 0.1) is 0 Å². The molecule has 90 valence electrons. The maximum Gasteiger partial charge on any atom is 0.433 e. The summed E-state index contributed by atoms with van der Waals surface area (Å²) in [5.41, 5.74) is 1.99. The van der Waals surface area contributed by atoms with Crippen molar-refractivity contribution >= 4 is 11.8 Å². The molecule has 17 heavy (non-hydrogen) atoms. The van der Waals surface area contributed by atoms with Crippen LogP contribution in [-0.4, -0.2) is 11.8 Å². The van der Waals surface area contributed by atoms with Crippen LogP contribution in [0, 0.1) is 0 Å². The van der Waals surface area contributed by atoms with Gasteiger partial charge in [-0.05, 0) is 31.2 Å². The van der Waals surface area contributed by atoms with E-state index >= 15 is 0 Å². The Labute approximate surface area is 102 Å². The maximum atomic E-state index is 11.5. The third-order valence-corrected chi connectivity index (χ3v) is 2.89. The molecule has 3 nitrogen and oxygen atoms in total. The van der Waals surface area contributed by atoms with Crippen molar-refractivity contribution in [2.75, 3.05) is 0 Å². The second kappa shape index (κ2) is 6.18. The average molecular weight is 231 g/mol. The minimum atomic E-state index is -0.453. The van der Waals surface area contributed by atoms with E-state index in [1.807, 2.05) is 30.3 Å². The van der Waals surface area contributed by atoms with Crippen LogP contribution in [0.25, 0.3) is 0 Å². The first-order chi connectivity index (χ1) is 8.34. The van der Waals surface area contributed by atoms with Crippen molar-refractivity contribution in [2.24, 2.45) is 4.99 Å². The third-order valence-electron chi connectivity index (χ3n) is 2.89. The number of hydrogen-bond acceptors (Lipinski definition) is 2. The molecule has 3 heteroatoms. The second-order valence-electron chi connectivity index (χ2n) is 4.28. The van der Waals surface area contributed by atoms with Crippen molar-refractivity contribution in [3.8, 4) is 0 Å². The summed E-state index contributed by atoms with van der Waals surface area (Å²) < 4.78 is 5.10. The van der Waals surface area contributed by atoms with Crippen LogP contribution in [0.15, 0.2) is 35.3 Å². The van der Waals surface area contributed by atoms with Gasteiger partial charge < -0.3 is 4.74 Å². The van der Waals surface area contributed by atoms with E-state index in [9.17, 15) is 4.79 Å². The molecule has 0 N–H and O–H groups in total. The Morgan fingerprint density at radius 2 is 1.82 bits per heavy atom. The van der Waals surface area contributed by atoms with Crippen LogP contribution in [0.1, 0.15) is 37.7 Å². The number of nitrogens with zero attached hydrogens (tertiary/aromatic N) is 1. The summed E-state index contributed by atoms with van der Waals surface area (Å²) >= 11 is 0. The molecule has 0 heterocycles. The lowest BCUT2D eigenvalue weighted by Gasteiger charge is -2.11. The lowest BCUT2D eigenvalue weighted by molar-refractivity contribution is 0.150. The highest BCUT2D eigenvalue weighted by atomic mass is 16.5. The first-order valence-corrected chi connectivity index (χ1v) is 6.12. The number of amides is 1. The molecule has 1 saturated carbocycles. The quantitative estimate of drug-likeness (QED) is 0.777. The molecular weight excluding hydrogens is 214 g/mol. The van der Waals surface area contributed by atoms with Crippen LogP contribution < -0.4 is 0 Å². The van der Waals surface area contributed by atoms with Crippen molar-refractivity contribution in [1.82, 2.24) is 0 Å². The summed E-state index contributed by atoms with van der Waals surface area (Å²) in [6.07, 6.45) is 4.97. The van der Waals surface area contributed by atoms with Gasteiger partial charge in [-0.2, -0.15) is 4.99 Å². The summed E-state index contributed by atoms with van der Waals surface area (Å²) in [6, 6.07) is 9.65. The normalized spacial score (nSPS) is 15.4. The molecule has 1 aromatic rings. The molecule has 1 fully saturated rings. The molecule has 0 aromatic heterocycles. The monoisotopic (exact) mass is 231 g/mol. The van der Waals surface area contributed by atoms with Gasteiger partial charge in [-0.3, -0.25) is 0 Å². The van der Waals surface area contributed by atoms with Gasteiger partial charge in [0.15, 0.2) is 0 Å². The first-order valence-electron chi connectivity index (χ1n) is 6.12. The topological polar surface area (TPSA) is 38.7 Å². The van der Waals surface area contributed by atoms with E-state index in [1.54, 1.807) is 0 Å². The van der Waals surface area contributed by atoms with Gasteiger partial charge in [0.25, 0.3) is 0 Å². The van der Waals surface area contributed by atoms with Gasteiger partial charge in [-0.25, -0.2) is 4.79 Å². The standard InChI is InChI=1S/C14H17NO2/c16-14(15-13-9-5-2-6-10-13)17-11-12-7-3-1-4-8-12/h1,3-4,7-8H,2,5-6,9-11H2. The van der Waals surface area contributed by atoms with Gasteiger partial charge in [0, 0.05) is 5.71 Å². The van der Waals surface area contributed by atoms with E-state index < -0.39 is 6.09 Å². The summed E-state index contributed by atoms with van der Waals surface area (Å²) in [6.45, 7) is 0.302. The molecule has 0 spiro atoms. The molecule has 0 aliphatic heterocycles. The fourth-order valence-corrected chi connectivity index (χ4v) is 1.95. The minimum Gasteiger partial charge on any atom is -0.443 e. The molecule has 1 aliphatic carbocycles. The Kier molecular flexibility index (Phi) is 4.30. The first kappa shape index (κ1) is 11.8. The Balaban J connectivity index is 1.81. The van der Waals surface area contributed by atoms with Crippen LogP contribution in [-0.2, 0) is 11.3 Å². The largest absolute Gasteiger partial charge is 0.443 e. The van der Waals surface area contributed by atoms with Crippen LogP contribution in [0.2, 0.25) is 0 Å². The molecule has 1 aromatic carbocycles. The predicted octanol–water partition coefficient (Wildman–Crippen LogP) is 3.73. The average Bonchev–Trinajstić information content (AvgIpc) is 2.39. The van der Waals surface area contributed by atoms with Gasteiger partial charge in [-0.15, -0.1) is 0 Å². The SMILES string of the molecule is O=C(N=C1CCCCC1)OCc1ccccc1. The highest BCUT2D eigenvalue weighted by Gasteiger charge is 2.09. The van der Waals surface area contributed by atoms with E-state index in [0.29, 0.717) is 6.61 Å². The zero-order valence-electron chi connectivity index (χ0n) is 9.89. The zero-order valence-corrected chi connectivity index (χ0v) is 9.89. The lowest BCUT2D eigenvalue weighted by atomic mass is 9.99. The Morgan fingerprint density at radius 1 is 1.12 bits per heavy atom. The maximum absolute atomic E-state index is 11.5. The number of aliphatic imine (C=N–C) groups is 1. The summed E-state index contributed by atoms with van der Waals surface area (Å²) in [4.78, 5) is 15.5. The molecular formula is C14H17NO2. The van der Waals surface area contributed by atoms with Crippen LogP contribution in [0.5, 0.6) is 0 Å². The fraction of sp³-hybridized carbons (Fsp3) is 0.429. The molecule has 0 bridgehead atoms. The molecule has 0 unspecified atom stereocenters. The van der Waals surface area contributed by atoms with E-state index in [1.165, 1.54) is 6.42 Å². The molecule has 0 atom stereocenters. The predicted molar refractivity (Wildman–Crippen MR) is 67.1 cm³/mol. The number of hydrogen-bond donors (Lipinski definition) is 0. The third kappa shape index (κ3) is 4.02. The van der Waals surface area contributed by atoms with Gasteiger partial charge in [0.2, 0.25) is 0 Å². The fourth-order valence-electron chi connectivity index (χ4n) is 1.95.